The highest BCUT2D eigenvalue weighted by molar-refractivity contribution is 5.39. The molecule has 4 nitrogen and oxygen atoms in total. The third-order valence-corrected chi connectivity index (χ3v) is 3.79. The molecule has 1 aliphatic rings. The molecule has 2 heterocycles. The van der Waals surface area contributed by atoms with Crippen LogP contribution in [0.1, 0.15) is 18.4 Å². The predicted octanol–water partition coefficient (Wildman–Crippen LogP) is 1.33. The Hall–Kier alpha value is -1.13. The van der Waals surface area contributed by atoms with E-state index in [1.54, 1.807) is 0 Å². The second-order valence-corrected chi connectivity index (χ2v) is 5.20. The largest absolute Gasteiger partial charge is 0.357 e. The Morgan fingerprint density at radius 1 is 1.39 bits per heavy atom. The van der Waals surface area contributed by atoms with Crippen LogP contribution in [0.4, 0.5) is 5.82 Å². The van der Waals surface area contributed by atoms with Gasteiger partial charge in [-0.1, -0.05) is 6.07 Å². The monoisotopic (exact) mass is 248 g/mol. The molecule has 0 aromatic carbocycles. The van der Waals surface area contributed by atoms with Crippen molar-refractivity contribution in [3.05, 3.63) is 23.9 Å². The molecule has 0 saturated carbocycles. The van der Waals surface area contributed by atoms with Crippen LogP contribution in [0.15, 0.2) is 18.3 Å². The van der Waals surface area contributed by atoms with Crippen molar-refractivity contribution < 1.29 is 0 Å². The summed E-state index contributed by atoms with van der Waals surface area (Å²) in [6.45, 7) is 3.25. The van der Waals surface area contributed by atoms with Crippen LogP contribution in [0.25, 0.3) is 0 Å². The first kappa shape index (κ1) is 13.3. The zero-order valence-corrected chi connectivity index (χ0v) is 11.7. The highest BCUT2D eigenvalue weighted by Crippen LogP contribution is 2.19. The van der Waals surface area contributed by atoms with Crippen LogP contribution in [0.2, 0.25) is 0 Å². The van der Waals surface area contributed by atoms with Crippen molar-refractivity contribution in [1.29, 1.82) is 0 Å². The van der Waals surface area contributed by atoms with Crippen molar-refractivity contribution in [3.8, 4) is 0 Å². The van der Waals surface area contributed by atoms with Crippen LogP contribution in [0.5, 0.6) is 0 Å². The van der Waals surface area contributed by atoms with Crippen molar-refractivity contribution in [2.24, 2.45) is 0 Å². The number of hydrogen-bond donors (Lipinski definition) is 1. The molecule has 0 unspecified atom stereocenters. The topological polar surface area (TPSA) is 31.4 Å². The van der Waals surface area contributed by atoms with E-state index < -0.39 is 0 Å². The summed E-state index contributed by atoms with van der Waals surface area (Å²) in [7, 11) is 6.32. The van der Waals surface area contributed by atoms with Crippen molar-refractivity contribution in [1.82, 2.24) is 15.2 Å². The average Bonchev–Trinajstić information content (AvgIpc) is 2.40. The molecule has 2 rings (SSSR count). The molecule has 0 aliphatic carbocycles. The summed E-state index contributed by atoms with van der Waals surface area (Å²) < 4.78 is 0. The van der Waals surface area contributed by atoms with Gasteiger partial charge in [-0.25, -0.2) is 4.98 Å². The molecule has 0 bridgehead atoms. The summed E-state index contributed by atoms with van der Waals surface area (Å²) in [5, 5.41) is 3.14. The minimum Gasteiger partial charge on any atom is -0.357 e. The molecule has 0 amide bonds. The lowest BCUT2D eigenvalue weighted by Crippen LogP contribution is -2.42. The maximum Gasteiger partial charge on any atom is 0.128 e. The predicted molar refractivity (Wildman–Crippen MR) is 75.9 cm³/mol. The van der Waals surface area contributed by atoms with Crippen LogP contribution >= 0.6 is 0 Å². The van der Waals surface area contributed by atoms with E-state index >= 15 is 0 Å². The summed E-state index contributed by atoms with van der Waals surface area (Å²) in [5.74, 6) is 1.09. The highest BCUT2D eigenvalue weighted by atomic mass is 15.2. The van der Waals surface area contributed by atoms with Crippen molar-refractivity contribution in [2.45, 2.75) is 25.4 Å². The summed E-state index contributed by atoms with van der Waals surface area (Å²) >= 11 is 0. The van der Waals surface area contributed by atoms with E-state index in [0.29, 0.717) is 6.04 Å². The van der Waals surface area contributed by atoms with Crippen molar-refractivity contribution in [3.63, 3.8) is 0 Å². The first-order valence-corrected chi connectivity index (χ1v) is 6.71. The molecular formula is C14H24N4. The van der Waals surface area contributed by atoms with E-state index in [4.69, 9.17) is 0 Å². The Kier molecular flexibility index (Phi) is 4.55. The van der Waals surface area contributed by atoms with Gasteiger partial charge in [0.25, 0.3) is 0 Å². The van der Waals surface area contributed by atoms with Gasteiger partial charge in [0, 0.05) is 25.8 Å². The van der Waals surface area contributed by atoms with Crippen LogP contribution in [0.3, 0.4) is 0 Å². The molecule has 0 atom stereocenters. The zero-order valence-electron chi connectivity index (χ0n) is 11.7. The number of hydrogen-bond acceptors (Lipinski definition) is 4. The molecule has 1 fully saturated rings. The van der Waals surface area contributed by atoms with Gasteiger partial charge in [-0.15, -0.1) is 0 Å². The van der Waals surface area contributed by atoms with Crippen LogP contribution in [0, 0.1) is 0 Å². The lowest BCUT2D eigenvalue weighted by Gasteiger charge is -2.35. The fourth-order valence-electron chi connectivity index (χ4n) is 2.50. The van der Waals surface area contributed by atoms with E-state index in [2.05, 4.69) is 46.3 Å². The van der Waals surface area contributed by atoms with Gasteiger partial charge in [0.05, 0.1) is 0 Å². The minimum atomic E-state index is 0.629. The maximum absolute atomic E-state index is 4.56. The lowest BCUT2D eigenvalue weighted by atomic mass is 10.0. The quantitative estimate of drug-likeness (QED) is 0.871. The van der Waals surface area contributed by atoms with Gasteiger partial charge in [0.1, 0.15) is 5.82 Å². The Morgan fingerprint density at radius 3 is 2.67 bits per heavy atom. The fourth-order valence-corrected chi connectivity index (χ4v) is 2.50. The number of nitrogens with one attached hydrogen (secondary N) is 1. The number of rotatable bonds is 4. The summed E-state index contributed by atoms with van der Waals surface area (Å²) in [5.41, 5.74) is 1.23. The van der Waals surface area contributed by atoms with Gasteiger partial charge < -0.3 is 15.1 Å². The standard InChI is InChI=1S/C14H24N4/c1-15-10-12-4-5-14(16-11-12)18(3)13-6-8-17(2)9-7-13/h4-5,11,13,15H,6-10H2,1-3H3. The number of piperidine rings is 1. The third kappa shape index (κ3) is 3.21. The molecule has 1 aromatic heterocycles. The van der Waals surface area contributed by atoms with Gasteiger partial charge in [0.2, 0.25) is 0 Å². The number of pyridine rings is 1. The number of likely N-dealkylation sites (tertiary alicyclic amines) is 1. The maximum atomic E-state index is 4.56. The second-order valence-electron chi connectivity index (χ2n) is 5.20. The van der Waals surface area contributed by atoms with Crippen LogP contribution in [-0.4, -0.2) is 50.2 Å². The number of anilines is 1. The Morgan fingerprint density at radius 2 is 2.11 bits per heavy atom. The van der Waals surface area contributed by atoms with Crippen molar-refractivity contribution >= 4 is 5.82 Å². The van der Waals surface area contributed by atoms with Gasteiger partial charge in [-0.05, 0) is 51.7 Å². The summed E-state index contributed by atoms with van der Waals surface area (Å²) in [6, 6.07) is 4.92. The van der Waals surface area contributed by atoms with E-state index in [0.717, 1.165) is 12.4 Å². The highest BCUT2D eigenvalue weighted by Gasteiger charge is 2.21. The second kappa shape index (κ2) is 6.16. The van der Waals surface area contributed by atoms with E-state index in [9.17, 15) is 0 Å². The average molecular weight is 248 g/mol. The molecule has 1 saturated heterocycles. The van der Waals surface area contributed by atoms with E-state index in [1.165, 1.54) is 31.5 Å². The zero-order chi connectivity index (χ0) is 13.0. The first-order valence-electron chi connectivity index (χ1n) is 6.71. The Balaban J connectivity index is 1.97. The number of nitrogens with zero attached hydrogens (tertiary/aromatic N) is 3. The molecule has 100 valence electrons. The molecule has 0 spiro atoms. The van der Waals surface area contributed by atoms with Gasteiger partial charge in [0.15, 0.2) is 0 Å². The normalized spacial score (nSPS) is 17.9. The van der Waals surface area contributed by atoms with E-state index in [-0.39, 0.29) is 0 Å². The van der Waals surface area contributed by atoms with Gasteiger partial charge in [-0.3, -0.25) is 0 Å². The lowest BCUT2D eigenvalue weighted by molar-refractivity contribution is 0.252. The Labute approximate surface area is 110 Å². The SMILES string of the molecule is CNCc1ccc(N(C)C2CCN(C)CC2)nc1. The van der Waals surface area contributed by atoms with Gasteiger partial charge >= 0.3 is 0 Å². The van der Waals surface area contributed by atoms with Crippen molar-refractivity contribution in [2.75, 3.05) is 39.1 Å². The molecule has 1 aliphatic heterocycles. The van der Waals surface area contributed by atoms with Crippen LogP contribution in [-0.2, 0) is 6.54 Å². The number of aromatic nitrogens is 1. The summed E-state index contributed by atoms with van der Waals surface area (Å²) in [6.07, 6.45) is 4.43. The molecule has 1 aromatic rings. The van der Waals surface area contributed by atoms with E-state index in [1.807, 2.05) is 13.2 Å². The molecule has 4 heteroatoms. The smallest absolute Gasteiger partial charge is 0.128 e. The first-order chi connectivity index (χ1) is 8.70. The Bertz CT molecular complexity index is 355. The van der Waals surface area contributed by atoms with Crippen LogP contribution < -0.4 is 10.2 Å². The fraction of sp³-hybridized carbons (Fsp3) is 0.643. The third-order valence-electron chi connectivity index (χ3n) is 3.79. The molecule has 1 N–H and O–H groups in total. The molecule has 0 radical (unpaired) electrons. The van der Waals surface area contributed by atoms with Gasteiger partial charge in [-0.2, -0.15) is 0 Å². The molecular weight excluding hydrogens is 224 g/mol. The minimum absolute atomic E-state index is 0.629. The molecule has 18 heavy (non-hydrogen) atoms. The summed E-state index contributed by atoms with van der Waals surface area (Å²) in [4.78, 5) is 9.29.